The van der Waals surface area contributed by atoms with E-state index in [9.17, 15) is 14.3 Å². The van der Waals surface area contributed by atoms with Crippen LogP contribution in [0.4, 0.5) is 4.39 Å². The summed E-state index contributed by atoms with van der Waals surface area (Å²) in [5.74, 6) is -1.44. The SMILES string of the molecule is O=C(O)c1nc2sc3c(Cl)c(F)ccc3n2c1C1CNC1. The topological polar surface area (TPSA) is 66.6 Å². The molecule has 108 valence electrons. The second-order valence-electron chi connectivity index (χ2n) is 4.94. The molecule has 2 aromatic heterocycles. The highest BCUT2D eigenvalue weighted by Gasteiger charge is 2.31. The Labute approximate surface area is 127 Å². The van der Waals surface area contributed by atoms with Crippen molar-refractivity contribution in [3.8, 4) is 0 Å². The Kier molecular flexibility index (Phi) is 2.72. The van der Waals surface area contributed by atoms with Crippen LogP contribution in [0.15, 0.2) is 12.1 Å². The second kappa shape index (κ2) is 4.40. The number of benzene rings is 1. The van der Waals surface area contributed by atoms with Crippen LogP contribution < -0.4 is 5.32 Å². The lowest BCUT2D eigenvalue weighted by atomic mass is 9.97. The van der Waals surface area contributed by atoms with Crippen molar-refractivity contribution in [1.82, 2.24) is 14.7 Å². The molecule has 1 aliphatic rings. The van der Waals surface area contributed by atoms with E-state index in [4.69, 9.17) is 11.6 Å². The number of hydrogen-bond donors (Lipinski definition) is 2. The first kappa shape index (κ1) is 13.0. The van der Waals surface area contributed by atoms with Gasteiger partial charge in [0.15, 0.2) is 10.7 Å². The van der Waals surface area contributed by atoms with Crippen molar-refractivity contribution in [3.63, 3.8) is 0 Å². The van der Waals surface area contributed by atoms with Gasteiger partial charge in [0, 0.05) is 19.0 Å². The Hall–Kier alpha value is -1.70. The first-order valence-electron chi connectivity index (χ1n) is 6.30. The number of carboxylic acids is 1. The fourth-order valence-electron chi connectivity index (χ4n) is 2.61. The Morgan fingerprint density at radius 2 is 2.29 bits per heavy atom. The molecule has 3 heterocycles. The van der Waals surface area contributed by atoms with E-state index in [0.717, 1.165) is 0 Å². The molecule has 1 saturated heterocycles. The van der Waals surface area contributed by atoms with E-state index >= 15 is 0 Å². The summed E-state index contributed by atoms with van der Waals surface area (Å²) in [4.78, 5) is 16.1. The van der Waals surface area contributed by atoms with Crippen LogP contribution in [0.25, 0.3) is 15.2 Å². The second-order valence-corrected chi connectivity index (χ2v) is 6.29. The van der Waals surface area contributed by atoms with Gasteiger partial charge < -0.3 is 10.4 Å². The van der Waals surface area contributed by atoms with Crippen LogP contribution in [-0.4, -0.2) is 33.6 Å². The highest BCUT2D eigenvalue weighted by Crippen LogP contribution is 2.37. The zero-order valence-electron chi connectivity index (χ0n) is 10.6. The van der Waals surface area contributed by atoms with Crippen LogP contribution >= 0.6 is 22.9 Å². The number of carboxylic acid groups (broad SMARTS) is 1. The number of aromatic carboxylic acids is 1. The fourth-order valence-corrected chi connectivity index (χ4v) is 3.95. The van der Waals surface area contributed by atoms with Gasteiger partial charge in [0.1, 0.15) is 5.82 Å². The van der Waals surface area contributed by atoms with E-state index in [2.05, 4.69) is 10.3 Å². The third-order valence-electron chi connectivity index (χ3n) is 3.72. The summed E-state index contributed by atoms with van der Waals surface area (Å²) in [7, 11) is 0. The molecule has 0 aliphatic carbocycles. The minimum atomic E-state index is -1.05. The number of imidazole rings is 1. The average Bonchev–Trinajstić information content (AvgIpc) is 2.90. The van der Waals surface area contributed by atoms with Crippen molar-refractivity contribution in [1.29, 1.82) is 0 Å². The molecule has 0 bridgehead atoms. The van der Waals surface area contributed by atoms with Gasteiger partial charge >= 0.3 is 5.97 Å². The minimum absolute atomic E-state index is 0.0533. The number of nitrogens with zero attached hydrogens (tertiary/aromatic N) is 2. The summed E-state index contributed by atoms with van der Waals surface area (Å²) >= 11 is 7.21. The van der Waals surface area contributed by atoms with Crippen molar-refractivity contribution < 1.29 is 14.3 Å². The number of rotatable bonds is 2. The number of nitrogens with one attached hydrogen (secondary N) is 1. The van der Waals surface area contributed by atoms with Gasteiger partial charge in [0.25, 0.3) is 0 Å². The number of hydrogen-bond acceptors (Lipinski definition) is 4. The zero-order chi connectivity index (χ0) is 14.7. The smallest absolute Gasteiger partial charge is 0.356 e. The van der Waals surface area contributed by atoms with Crippen molar-refractivity contribution in [2.75, 3.05) is 13.1 Å². The summed E-state index contributed by atoms with van der Waals surface area (Å²) in [6.45, 7) is 1.42. The predicted octanol–water partition coefficient (Wildman–Crippen LogP) is 2.73. The van der Waals surface area contributed by atoms with Crippen molar-refractivity contribution in [2.24, 2.45) is 0 Å². The molecule has 0 radical (unpaired) electrons. The Balaban J connectivity index is 2.12. The average molecular weight is 326 g/mol. The highest BCUT2D eigenvalue weighted by molar-refractivity contribution is 7.24. The van der Waals surface area contributed by atoms with Crippen LogP contribution in [0.3, 0.4) is 0 Å². The van der Waals surface area contributed by atoms with Gasteiger partial charge in [-0.05, 0) is 12.1 Å². The largest absolute Gasteiger partial charge is 0.476 e. The van der Waals surface area contributed by atoms with Gasteiger partial charge in [-0.2, -0.15) is 0 Å². The van der Waals surface area contributed by atoms with E-state index in [-0.39, 0.29) is 16.6 Å². The van der Waals surface area contributed by atoms with E-state index in [1.807, 2.05) is 0 Å². The van der Waals surface area contributed by atoms with Crippen molar-refractivity contribution in [3.05, 3.63) is 34.4 Å². The quantitative estimate of drug-likeness (QED) is 0.760. The van der Waals surface area contributed by atoms with E-state index in [0.29, 0.717) is 34.0 Å². The zero-order valence-corrected chi connectivity index (χ0v) is 12.1. The molecule has 0 amide bonds. The lowest BCUT2D eigenvalue weighted by Gasteiger charge is -2.27. The van der Waals surface area contributed by atoms with Crippen molar-refractivity contribution >= 4 is 44.1 Å². The molecule has 5 nitrogen and oxygen atoms in total. The number of halogens is 2. The van der Waals surface area contributed by atoms with Crippen LogP contribution in [0.5, 0.6) is 0 Å². The summed E-state index contributed by atoms with van der Waals surface area (Å²) < 4.78 is 15.9. The maximum Gasteiger partial charge on any atom is 0.356 e. The molecule has 3 aromatic rings. The van der Waals surface area contributed by atoms with Crippen LogP contribution in [0.2, 0.25) is 5.02 Å². The van der Waals surface area contributed by atoms with E-state index in [1.165, 1.54) is 17.4 Å². The van der Waals surface area contributed by atoms with Crippen LogP contribution in [0, 0.1) is 5.82 Å². The Morgan fingerprint density at radius 3 is 2.90 bits per heavy atom. The molecule has 1 aromatic carbocycles. The van der Waals surface area contributed by atoms with Crippen LogP contribution in [0.1, 0.15) is 22.1 Å². The van der Waals surface area contributed by atoms with Gasteiger partial charge in [-0.25, -0.2) is 14.2 Å². The maximum absolute atomic E-state index is 13.6. The van der Waals surface area contributed by atoms with Gasteiger partial charge in [0.05, 0.1) is 20.9 Å². The summed E-state index contributed by atoms with van der Waals surface area (Å²) in [6.07, 6.45) is 0. The van der Waals surface area contributed by atoms with Gasteiger partial charge in [-0.1, -0.05) is 22.9 Å². The highest BCUT2D eigenvalue weighted by atomic mass is 35.5. The Morgan fingerprint density at radius 1 is 1.52 bits per heavy atom. The molecule has 1 fully saturated rings. The minimum Gasteiger partial charge on any atom is -0.476 e. The maximum atomic E-state index is 13.6. The molecular formula is C13H9ClFN3O2S. The molecule has 0 spiro atoms. The van der Waals surface area contributed by atoms with E-state index < -0.39 is 11.8 Å². The molecule has 8 heteroatoms. The third-order valence-corrected chi connectivity index (χ3v) is 5.27. The lowest BCUT2D eigenvalue weighted by Crippen LogP contribution is -2.41. The standard InChI is InChI=1S/C13H9ClFN3O2S/c14-8-6(15)1-2-7-11(8)21-13-17-9(12(19)20)10(18(7)13)5-3-16-4-5/h1-2,5,16H,3-4H2,(H,19,20). The monoisotopic (exact) mass is 325 g/mol. The fraction of sp³-hybridized carbons (Fsp3) is 0.231. The van der Waals surface area contributed by atoms with Gasteiger partial charge in [-0.15, -0.1) is 0 Å². The molecular weight excluding hydrogens is 317 g/mol. The van der Waals surface area contributed by atoms with Crippen molar-refractivity contribution in [2.45, 2.75) is 5.92 Å². The number of aromatic nitrogens is 2. The summed E-state index contributed by atoms with van der Waals surface area (Å²) in [6, 6.07) is 2.91. The molecule has 4 rings (SSSR count). The molecule has 0 atom stereocenters. The van der Waals surface area contributed by atoms with Gasteiger partial charge in [0.2, 0.25) is 0 Å². The number of carbonyl (C=O) groups is 1. The first-order valence-corrected chi connectivity index (χ1v) is 7.50. The summed E-state index contributed by atoms with van der Waals surface area (Å²) in [5.41, 5.74) is 1.42. The normalized spacial score (nSPS) is 15.7. The molecule has 21 heavy (non-hydrogen) atoms. The lowest BCUT2D eigenvalue weighted by molar-refractivity contribution is 0.0689. The van der Waals surface area contributed by atoms with Crippen LogP contribution in [-0.2, 0) is 0 Å². The number of fused-ring (bicyclic) bond motifs is 3. The summed E-state index contributed by atoms with van der Waals surface area (Å²) in [5, 5.41) is 12.5. The Bertz CT molecular complexity index is 900. The van der Waals surface area contributed by atoms with E-state index in [1.54, 1.807) is 10.5 Å². The predicted molar refractivity (Wildman–Crippen MR) is 78.1 cm³/mol. The molecule has 2 N–H and O–H groups in total. The number of thiazole rings is 1. The molecule has 1 aliphatic heterocycles. The van der Waals surface area contributed by atoms with Gasteiger partial charge in [-0.3, -0.25) is 4.40 Å². The molecule has 0 saturated carbocycles. The third kappa shape index (κ3) is 1.71. The molecule has 0 unspecified atom stereocenters. The first-order chi connectivity index (χ1) is 10.1.